The van der Waals surface area contributed by atoms with Crippen LogP contribution in [0.1, 0.15) is 10.4 Å². The molecule has 4 aromatic rings. The molecule has 4 nitrogen and oxygen atoms in total. The highest BCUT2D eigenvalue weighted by atomic mass is 19.2. The number of rotatable bonds is 3. The summed E-state index contributed by atoms with van der Waals surface area (Å²) in [5, 5.41) is 2.45. The maximum Gasteiger partial charge on any atom is 0.251 e. The fourth-order valence-electron chi connectivity index (χ4n) is 3.04. The van der Waals surface area contributed by atoms with E-state index in [-0.39, 0.29) is 11.1 Å². The predicted octanol–water partition coefficient (Wildman–Crippen LogP) is 4.31. The number of imidazole rings is 1. The van der Waals surface area contributed by atoms with E-state index in [1.165, 1.54) is 13.1 Å². The normalized spacial score (nSPS) is 10.9. The van der Waals surface area contributed by atoms with Gasteiger partial charge in [0.15, 0.2) is 11.6 Å². The Morgan fingerprint density at radius 3 is 2.44 bits per heavy atom. The lowest BCUT2D eigenvalue weighted by molar-refractivity contribution is 0.0963. The van der Waals surface area contributed by atoms with Gasteiger partial charge in [0.1, 0.15) is 5.65 Å². The fourth-order valence-corrected chi connectivity index (χ4v) is 3.04. The summed E-state index contributed by atoms with van der Waals surface area (Å²) in [6.07, 6.45) is 3.79. The minimum atomic E-state index is -1.04. The first-order valence-electron chi connectivity index (χ1n) is 8.33. The molecular formula is C21H15F2N3O. The van der Waals surface area contributed by atoms with Gasteiger partial charge in [-0.25, -0.2) is 13.8 Å². The Kier molecular flexibility index (Phi) is 4.16. The molecule has 0 radical (unpaired) electrons. The lowest BCUT2D eigenvalue weighted by Gasteiger charge is -2.11. The Hall–Kier alpha value is -3.54. The molecular weight excluding hydrogens is 348 g/mol. The molecule has 6 heteroatoms. The molecule has 0 aliphatic rings. The summed E-state index contributed by atoms with van der Waals surface area (Å²) >= 11 is 0. The van der Waals surface area contributed by atoms with Gasteiger partial charge in [-0.15, -0.1) is 0 Å². The Labute approximate surface area is 154 Å². The Bertz CT molecular complexity index is 1120. The fraction of sp³-hybridized carbons (Fsp3) is 0.0476. The lowest BCUT2D eigenvalue weighted by Crippen LogP contribution is -2.19. The molecule has 2 aromatic heterocycles. The standard InChI is InChI=1S/C21H15F2N3O/c1-24-21(27)15-9-10-16(22)20(23)19(15)14-7-5-13(6-8-14)17-12-26-11-3-2-4-18(26)25-17/h2-12H,1H3,(H,24,27). The molecule has 134 valence electrons. The van der Waals surface area contributed by atoms with Crippen LogP contribution in [0.15, 0.2) is 67.0 Å². The molecule has 27 heavy (non-hydrogen) atoms. The van der Waals surface area contributed by atoms with E-state index < -0.39 is 17.5 Å². The third-order valence-corrected chi connectivity index (χ3v) is 4.40. The summed E-state index contributed by atoms with van der Waals surface area (Å²) in [5.41, 5.74) is 2.85. The van der Waals surface area contributed by atoms with E-state index in [9.17, 15) is 13.6 Å². The molecule has 0 atom stereocenters. The maximum absolute atomic E-state index is 14.4. The van der Waals surface area contributed by atoms with Gasteiger partial charge in [0.05, 0.1) is 11.3 Å². The van der Waals surface area contributed by atoms with Gasteiger partial charge in [0, 0.05) is 30.6 Å². The second-order valence-electron chi connectivity index (χ2n) is 6.03. The molecule has 0 bridgehead atoms. The molecule has 1 N–H and O–H groups in total. The van der Waals surface area contributed by atoms with Crippen molar-refractivity contribution in [3.8, 4) is 22.4 Å². The number of halogens is 2. The minimum absolute atomic E-state index is 0.0594. The highest BCUT2D eigenvalue weighted by Gasteiger charge is 2.19. The smallest absolute Gasteiger partial charge is 0.251 e. The Balaban J connectivity index is 1.79. The van der Waals surface area contributed by atoms with Crippen LogP contribution >= 0.6 is 0 Å². The van der Waals surface area contributed by atoms with E-state index in [1.807, 2.05) is 35.0 Å². The van der Waals surface area contributed by atoms with Gasteiger partial charge in [0.25, 0.3) is 5.91 Å². The van der Waals surface area contributed by atoms with Gasteiger partial charge in [-0.1, -0.05) is 30.3 Å². The van der Waals surface area contributed by atoms with E-state index >= 15 is 0 Å². The third kappa shape index (κ3) is 2.95. The number of carbonyl (C=O) groups is 1. The van der Waals surface area contributed by atoms with Crippen LogP contribution in [0.4, 0.5) is 8.78 Å². The zero-order valence-electron chi connectivity index (χ0n) is 14.4. The summed E-state index contributed by atoms with van der Waals surface area (Å²) in [5.74, 6) is -2.52. The van der Waals surface area contributed by atoms with Gasteiger partial charge in [0.2, 0.25) is 0 Å². The number of pyridine rings is 1. The van der Waals surface area contributed by atoms with Crippen LogP contribution in [-0.2, 0) is 0 Å². The molecule has 2 heterocycles. The van der Waals surface area contributed by atoms with E-state index in [1.54, 1.807) is 24.3 Å². The van der Waals surface area contributed by atoms with Crippen molar-refractivity contribution in [3.63, 3.8) is 0 Å². The van der Waals surface area contributed by atoms with Crippen molar-refractivity contribution in [2.24, 2.45) is 0 Å². The first-order chi connectivity index (χ1) is 13.1. The number of benzene rings is 2. The monoisotopic (exact) mass is 363 g/mol. The second kappa shape index (κ2) is 6.64. The van der Waals surface area contributed by atoms with Crippen LogP contribution in [-0.4, -0.2) is 22.3 Å². The molecule has 1 amide bonds. The summed E-state index contributed by atoms with van der Waals surface area (Å²) in [7, 11) is 1.44. The van der Waals surface area contributed by atoms with Crippen LogP contribution in [0.2, 0.25) is 0 Å². The SMILES string of the molecule is CNC(=O)c1ccc(F)c(F)c1-c1ccc(-c2cn3ccccc3n2)cc1. The zero-order valence-corrected chi connectivity index (χ0v) is 14.4. The van der Waals surface area contributed by atoms with Crippen molar-refractivity contribution >= 4 is 11.6 Å². The van der Waals surface area contributed by atoms with Gasteiger partial charge in [-0.2, -0.15) is 0 Å². The Morgan fingerprint density at radius 1 is 1.00 bits per heavy atom. The van der Waals surface area contributed by atoms with E-state index in [2.05, 4.69) is 10.3 Å². The van der Waals surface area contributed by atoms with Gasteiger partial charge in [-0.3, -0.25) is 4.79 Å². The molecule has 0 aliphatic carbocycles. The van der Waals surface area contributed by atoms with E-state index in [0.717, 1.165) is 23.0 Å². The third-order valence-electron chi connectivity index (χ3n) is 4.40. The number of nitrogens with zero attached hydrogens (tertiary/aromatic N) is 2. The first kappa shape index (κ1) is 16.9. The van der Waals surface area contributed by atoms with Crippen molar-refractivity contribution in [2.75, 3.05) is 7.05 Å². The largest absolute Gasteiger partial charge is 0.355 e. The first-order valence-corrected chi connectivity index (χ1v) is 8.33. The number of fused-ring (bicyclic) bond motifs is 1. The molecule has 0 unspecified atom stereocenters. The number of hydrogen-bond acceptors (Lipinski definition) is 2. The average molecular weight is 363 g/mol. The highest BCUT2D eigenvalue weighted by molar-refractivity contribution is 6.01. The van der Waals surface area contributed by atoms with E-state index in [0.29, 0.717) is 5.56 Å². The molecule has 0 spiro atoms. The Morgan fingerprint density at radius 2 is 1.74 bits per heavy atom. The number of nitrogens with one attached hydrogen (secondary N) is 1. The number of carbonyl (C=O) groups excluding carboxylic acids is 1. The van der Waals surface area contributed by atoms with Crippen molar-refractivity contribution in [1.29, 1.82) is 0 Å². The van der Waals surface area contributed by atoms with Crippen molar-refractivity contribution < 1.29 is 13.6 Å². The molecule has 0 saturated carbocycles. The van der Waals surface area contributed by atoms with Crippen LogP contribution in [0, 0.1) is 11.6 Å². The average Bonchev–Trinajstić information content (AvgIpc) is 3.14. The van der Waals surface area contributed by atoms with Gasteiger partial charge >= 0.3 is 0 Å². The molecule has 4 rings (SSSR count). The maximum atomic E-state index is 14.4. The summed E-state index contributed by atoms with van der Waals surface area (Å²) in [6.45, 7) is 0. The predicted molar refractivity (Wildman–Crippen MR) is 99.4 cm³/mol. The molecule has 0 aliphatic heterocycles. The second-order valence-corrected chi connectivity index (χ2v) is 6.03. The van der Waals surface area contributed by atoms with Crippen LogP contribution in [0.3, 0.4) is 0 Å². The van der Waals surface area contributed by atoms with Crippen LogP contribution < -0.4 is 5.32 Å². The topological polar surface area (TPSA) is 46.4 Å². The van der Waals surface area contributed by atoms with Crippen molar-refractivity contribution in [3.05, 3.63) is 84.2 Å². The minimum Gasteiger partial charge on any atom is -0.355 e. The highest BCUT2D eigenvalue weighted by Crippen LogP contribution is 2.30. The quantitative estimate of drug-likeness (QED) is 0.590. The summed E-state index contributed by atoms with van der Waals surface area (Å²) < 4.78 is 30.1. The summed E-state index contributed by atoms with van der Waals surface area (Å²) in [6, 6.07) is 14.8. The number of aromatic nitrogens is 2. The molecule has 0 saturated heterocycles. The van der Waals surface area contributed by atoms with Gasteiger partial charge in [-0.05, 0) is 29.8 Å². The lowest BCUT2D eigenvalue weighted by atomic mass is 9.97. The van der Waals surface area contributed by atoms with Gasteiger partial charge < -0.3 is 9.72 Å². The number of amides is 1. The van der Waals surface area contributed by atoms with Crippen LogP contribution in [0.25, 0.3) is 28.0 Å². The molecule has 2 aromatic carbocycles. The van der Waals surface area contributed by atoms with Crippen molar-refractivity contribution in [1.82, 2.24) is 14.7 Å². The van der Waals surface area contributed by atoms with Crippen LogP contribution in [0.5, 0.6) is 0 Å². The van der Waals surface area contributed by atoms with E-state index in [4.69, 9.17) is 0 Å². The van der Waals surface area contributed by atoms with Crippen molar-refractivity contribution in [2.45, 2.75) is 0 Å². The zero-order chi connectivity index (χ0) is 19.0. The molecule has 0 fully saturated rings. The number of hydrogen-bond donors (Lipinski definition) is 1. The summed E-state index contributed by atoms with van der Waals surface area (Å²) in [4.78, 5) is 16.6.